The van der Waals surface area contributed by atoms with E-state index in [1.807, 2.05) is 0 Å². The zero-order valence-electron chi connectivity index (χ0n) is 13.6. The molecule has 5 heteroatoms. The summed E-state index contributed by atoms with van der Waals surface area (Å²) in [7, 11) is 1.69. The van der Waals surface area contributed by atoms with E-state index >= 15 is 0 Å². The van der Waals surface area contributed by atoms with Crippen molar-refractivity contribution in [1.82, 2.24) is 15.5 Å². The zero-order chi connectivity index (χ0) is 15.1. The Labute approximate surface area is 128 Å². The summed E-state index contributed by atoms with van der Waals surface area (Å²) in [6, 6.07) is 0.342. The van der Waals surface area contributed by atoms with E-state index in [0.29, 0.717) is 12.6 Å². The number of carbonyl (C=O) groups is 1. The van der Waals surface area contributed by atoms with Gasteiger partial charge in [-0.1, -0.05) is 6.92 Å². The van der Waals surface area contributed by atoms with E-state index in [1.165, 1.54) is 13.0 Å². The highest BCUT2D eigenvalue weighted by molar-refractivity contribution is 5.83. The molecule has 1 amide bonds. The zero-order valence-corrected chi connectivity index (χ0v) is 13.6. The number of methoxy groups -OCH3 is 1. The van der Waals surface area contributed by atoms with Gasteiger partial charge in [-0.15, -0.1) is 0 Å². The predicted molar refractivity (Wildman–Crippen MR) is 84.3 cm³/mol. The van der Waals surface area contributed by atoms with Crippen LogP contribution in [-0.2, 0) is 9.53 Å². The molecule has 0 atom stereocenters. The van der Waals surface area contributed by atoms with Gasteiger partial charge in [0.2, 0.25) is 5.91 Å². The highest BCUT2D eigenvalue weighted by atomic mass is 16.5. The number of piperidine rings is 2. The quantitative estimate of drug-likeness (QED) is 0.768. The monoisotopic (exact) mass is 297 g/mol. The van der Waals surface area contributed by atoms with Gasteiger partial charge in [-0.2, -0.15) is 0 Å². The van der Waals surface area contributed by atoms with Crippen LogP contribution in [0.25, 0.3) is 0 Å². The lowest BCUT2D eigenvalue weighted by Gasteiger charge is -2.38. The summed E-state index contributed by atoms with van der Waals surface area (Å²) in [6.45, 7) is 7.97. The fourth-order valence-electron chi connectivity index (χ4n) is 3.57. The number of likely N-dealkylation sites (tertiary alicyclic amines) is 1. The van der Waals surface area contributed by atoms with E-state index in [0.717, 1.165) is 51.9 Å². The summed E-state index contributed by atoms with van der Waals surface area (Å²) in [5.74, 6) is 0.208. The molecule has 2 rings (SSSR count). The van der Waals surface area contributed by atoms with Gasteiger partial charge < -0.3 is 20.3 Å². The summed E-state index contributed by atoms with van der Waals surface area (Å²) in [4.78, 5) is 15.3. The number of amides is 1. The Bertz CT molecular complexity index is 316. The van der Waals surface area contributed by atoms with Gasteiger partial charge in [0.05, 0.1) is 12.0 Å². The molecular weight excluding hydrogens is 266 g/mol. The summed E-state index contributed by atoms with van der Waals surface area (Å²) in [5, 5.41) is 6.64. The molecule has 5 nitrogen and oxygen atoms in total. The van der Waals surface area contributed by atoms with E-state index in [2.05, 4.69) is 22.5 Å². The van der Waals surface area contributed by atoms with E-state index in [4.69, 9.17) is 4.74 Å². The Morgan fingerprint density at radius 3 is 2.57 bits per heavy atom. The fourth-order valence-corrected chi connectivity index (χ4v) is 3.57. The number of hydrogen-bond acceptors (Lipinski definition) is 4. The van der Waals surface area contributed by atoms with Crippen molar-refractivity contribution in [3.8, 4) is 0 Å². The van der Waals surface area contributed by atoms with Crippen molar-refractivity contribution in [2.24, 2.45) is 5.41 Å². The topological polar surface area (TPSA) is 53.6 Å². The summed E-state index contributed by atoms with van der Waals surface area (Å²) >= 11 is 0. The molecule has 2 N–H and O–H groups in total. The Balaban J connectivity index is 1.85. The molecule has 2 saturated heterocycles. The van der Waals surface area contributed by atoms with E-state index < -0.39 is 0 Å². The van der Waals surface area contributed by atoms with E-state index in [9.17, 15) is 4.79 Å². The van der Waals surface area contributed by atoms with Gasteiger partial charge in [0.1, 0.15) is 0 Å². The van der Waals surface area contributed by atoms with Crippen LogP contribution in [0.5, 0.6) is 0 Å². The Kier molecular flexibility index (Phi) is 6.45. The molecule has 21 heavy (non-hydrogen) atoms. The lowest BCUT2D eigenvalue weighted by atomic mass is 9.78. The molecule has 0 unspecified atom stereocenters. The predicted octanol–water partition coefficient (Wildman–Crippen LogP) is 0.993. The molecule has 0 aromatic rings. The Hall–Kier alpha value is -0.650. The first-order valence-corrected chi connectivity index (χ1v) is 8.43. The van der Waals surface area contributed by atoms with E-state index in [1.54, 1.807) is 7.11 Å². The number of hydrogen-bond donors (Lipinski definition) is 2. The largest absolute Gasteiger partial charge is 0.384 e. The van der Waals surface area contributed by atoms with Crippen molar-refractivity contribution in [1.29, 1.82) is 0 Å². The van der Waals surface area contributed by atoms with Gasteiger partial charge in [0.25, 0.3) is 0 Å². The molecule has 0 bridgehead atoms. The summed E-state index contributed by atoms with van der Waals surface area (Å²) < 4.78 is 5.35. The second-order valence-electron chi connectivity index (χ2n) is 6.55. The smallest absolute Gasteiger partial charge is 0.228 e. The fraction of sp³-hybridized carbons (Fsp3) is 0.938. The summed E-state index contributed by atoms with van der Waals surface area (Å²) in [5.41, 5.74) is -0.319. The second kappa shape index (κ2) is 8.11. The van der Waals surface area contributed by atoms with Crippen molar-refractivity contribution in [2.45, 2.75) is 45.1 Å². The molecule has 0 aromatic heterocycles. The average Bonchev–Trinajstić information content (AvgIpc) is 2.51. The van der Waals surface area contributed by atoms with Crippen LogP contribution >= 0.6 is 0 Å². The van der Waals surface area contributed by atoms with Gasteiger partial charge in [-0.3, -0.25) is 4.79 Å². The number of rotatable bonds is 6. The van der Waals surface area contributed by atoms with Crippen LogP contribution in [0, 0.1) is 5.41 Å². The molecular formula is C16H31N3O2. The Morgan fingerprint density at radius 2 is 2.00 bits per heavy atom. The molecule has 2 heterocycles. The molecule has 0 aliphatic carbocycles. The van der Waals surface area contributed by atoms with E-state index in [-0.39, 0.29) is 11.3 Å². The third-order valence-corrected chi connectivity index (χ3v) is 4.93. The maximum atomic E-state index is 12.8. The van der Waals surface area contributed by atoms with Crippen molar-refractivity contribution in [3.63, 3.8) is 0 Å². The molecule has 0 spiro atoms. The van der Waals surface area contributed by atoms with Gasteiger partial charge in [-0.25, -0.2) is 0 Å². The maximum absolute atomic E-state index is 12.8. The van der Waals surface area contributed by atoms with Gasteiger partial charge in [0.15, 0.2) is 0 Å². The first kappa shape index (κ1) is 16.7. The second-order valence-corrected chi connectivity index (χ2v) is 6.55. The van der Waals surface area contributed by atoms with Gasteiger partial charge in [-0.05, 0) is 51.7 Å². The van der Waals surface area contributed by atoms with Crippen LogP contribution in [0.4, 0.5) is 0 Å². The lowest BCUT2D eigenvalue weighted by Crippen LogP contribution is -2.54. The third-order valence-electron chi connectivity index (χ3n) is 4.93. The van der Waals surface area contributed by atoms with Crippen molar-refractivity contribution in [3.05, 3.63) is 0 Å². The number of nitrogens with one attached hydrogen (secondary N) is 2. The first-order valence-electron chi connectivity index (χ1n) is 8.43. The maximum Gasteiger partial charge on any atom is 0.228 e. The molecule has 0 aromatic carbocycles. The van der Waals surface area contributed by atoms with Crippen LogP contribution in [-0.4, -0.2) is 63.3 Å². The minimum atomic E-state index is -0.319. The van der Waals surface area contributed by atoms with Crippen LogP contribution in [0.15, 0.2) is 0 Å². The highest BCUT2D eigenvalue weighted by Crippen LogP contribution is 2.30. The first-order chi connectivity index (χ1) is 10.2. The lowest BCUT2D eigenvalue weighted by molar-refractivity contribution is -0.137. The minimum absolute atomic E-state index is 0.208. The van der Waals surface area contributed by atoms with Crippen LogP contribution in [0.2, 0.25) is 0 Å². The molecule has 2 fully saturated rings. The molecule has 2 aliphatic rings. The van der Waals surface area contributed by atoms with Gasteiger partial charge in [0, 0.05) is 26.2 Å². The van der Waals surface area contributed by atoms with Crippen molar-refractivity contribution < 1.29 is 9.53 Å². The van der Waals surface area contributed by atoms with Crippen LogP contribution < -0.4 is 10.6 Å². The molecule has 2 aliphatic heterocycles. The van der Waals surface area contributed by atoms with Gasteiger partial charge >= 0.3 is 0 Å². The molecule has 122 valence electrons. The van der Waals surface area contributed by atoms with Crippen molar-refractivity contribution in [2.75, 3.05) is 46.4 Å². The SMILES string of the molecule is CCCN1CCC(NC(=O)C2(COC)CCNCC2)CC1. The Morgan fingerprint density at radius 1 is 1.33 bits per heavy atom. The minimum Gasteiger partial charge on any atom is -0.384 e. The normalized spacial score (nSPS) is 23.9. The number of ether oxygens (including phenoxy) is 1. The molecule has 0 radical (unpaired) electrons. The number of nitrogens with zero attached hydrogens (tertiary/aromatic N) is 1. The highest BCUT2D eigenvalue weighted by Gasteiger charge is 2.40. The third kappa shape index (κ3) is 4.41. The van der Waals surface area contributed by atoms with Crippen molar-refractivity contribution >= 4 is 5.91 Å². The average molecular weight is 297 g/mol. The van der Waals surface area contributed by atoms with Crippen LogP contribution in [0.3, 0.4) is 0 Å². The molecule has 0 saturated carbocycles. The standard InChI is InChI=1S/C16H31N3O2/c1-3-10-19-11-4-14(5-12-19)18-15(20)16(13-21-2)6-8-17-9-7-16/h14,17H,3-13H2,1-2H3,(H,18,20). The number of carbonyl (C=O) groups excluding carboxylic acids is 1. The van der Waals surface area contributed by atoms with Crippen LogP contribution in [0.1, 0.15) is 39.0 Å². The summed E-state index contributed by atoms with van der Waals surface area (Å²) in [6.07, 6.45) is 5.11.